The van der Waals surface area contributed by atoms with Crippen LogP contribution < -0.4 is 20.4 Å². The molecule has 2 N–H and O–H groups in total. The van der Waals surface area contributed by atoms with Gasteiger partial charge >= 0.3 is 0 Å². The van der Waals surface area contributed by atoms with E-state index in [1.807, 2.05) is 65.6 Å². The number of hydrogen-bond acceptors (Lipinski definition) is 8. The quantitative estimate of drug-likeness (QED) is 0.438. The normalized spacial score (nSPS) is 16.9. The molecule has 0 radical (unpaired) electrons. The first-order valence-electron chi connectivity index (χ1n) is 12.5. The number of nitrogen functional groups attached to an aromatic ring is 1. The van der Waals surface area contributed by atoms with Gasteiger partial charge in [-0.1, -0.05) is 36.4 Å². The van der Waals surface area contributed by atoms with Crippen LogP contribution in [-0.4, -0.2) is 40.2 Å². The predicted octanol–water partition coefficient (Wildman–Crippen LogP) is 4.35. The number of aromatic nitrogens is 3. The van der Waals surface area contributed by atoms with E-state index in [-0.39, 0.29) is 18.0 Å². The maximum absolute atomic E-state index is 14.1. The van der Waals surface area contributed by atoms with Crippen molar-refractivity contribution >= 4 is 29.0 Å². The third-order valence-electron chi connectivity index (χ3n) is 7.20. The average Bonchev–Trinajstić information content (AvgIpc) is 3.43. The van der Waals surface area contributed by atoms with Gasteiger partial charge in [0.25, 0.3) is 5.91 Å². The highest BCUT2D eigenvalue weighted by Gasteiger charge is 2.40. The van der Waals surface area contributed by atoms with Gasteiger partial charge in [0.2, 0.25) is 5.95 Å². The van der Waals surface area contributed by atoms with Gasteiger partial charge in [-0.15, -0.1) is 0 Å². The molecular weight excluding hydrogens is 476 g/mol. The van der Waals surface area contributed by atoms with Gasteiger partial charge < -0.3 is 15.5 Å². The smallest absolute Gasteiger partial charge is 0.262 e. The first-order chi connectivity index (χ1) is 18.6. The molecule has 4 aromatic rings. The standard InChI is InChI=1S/C29H26N8O/c1-19-23(16-30)27(34-29(31)33-19)35-15-7-13-25(35)37-18-36(21-9-3-2-4-10-21)28(38)26-22(11-5-12-24(26)37)20-8-6-14-32-17-20/h2-6,8-12,14,17,25H,7,13,15,18H2,1H3,(H2,31,33,34). The summed E-state index contributed by atoms with van der Waals surface area (Å²) < 4.78 is 0. The van der Waals surface area contributed by atoms with Crippen molar-refractivity contribution in [1.82, 2.24) is 15.0 Å². The SMILES string of the molecule is Cc1nc(N)nc(N2CCCC2N2CN(c3ccccc3)C(=O)c3c(-c4cccnc4)cccc32)c1C#N. The van der Waals surface area contributed by atoms with Crippen molar-refractivity contribution in [2.75, 3.05) is 33.6 Å². The Morgan fingerprint density at radius 1 is 1.03 bits per heavy atom. The van der Waals surface area contributed by atoms with Crippen LogP contribution in [0, 0.1) is 18.3 Å². The number of nitrogens with zero attached hydrogens (tertiary/aromatic N) is 7. The van der Waals surface area contributed by atoms with Gasteiger partial charge in [-0.05, 0) is 49.6 Å². The second-order valence-corrected chi connectivity index (χ2v) is 9.42. The molecule has 0 aliphatic carbocycles. The second kappa shape index (κ2) is 9.48. The van der Waals surface area contributed by atoms with Crippen LogP contribution in [0.3, 0.4) is 0 Å². The lowest BCUT2D eigenvalue weighted by molar-refractivity contribution is 0.0982. The van der Waals surface area contributed by atoms with Gasteiger partial charge in [0.1, 0.15) is 24.5 Å². The van der Waals surface area contributed by atoms with Gasteiger partial charge in [0.05, 0.1) is 16.9 Å². The number of aryl methyl sites for hydroxylation is 1. The van der Waals surface area contributed by atoms with E-state index in [1.165, 1.54) is 0 Å². The maximum Gasteiger partial charge on any atom is 0.262 e. The molecule has 2 aliphatic heterocycles. The molecule has 2 aromatic heterocycles. The summed E-state index contributed by atoms with van der Waals surface area (Å²) in [6.07, 6.45) is 5.11. The fourth-order valence-electron chi connectivity index (χ4n) is 5.49. The molecule has 188 valence electrons. The first kappa shape index (κ1) is 23.4. The molecule has 1 unspecified atom stereocenters. The van der Waals surface area contributed by atoms with E-state index >= 15 is 0 Å². The molecule has 6 rings (SSSR count). The largest absolute Gasteiger partial charge is 0.368 e. The molecular formula is C29H26N8O. The number of hydrogen-bond donors (Lipinski definition) is 1. The van der Waals surface area contributed by atoms with E-state index in [2.05, 4.69) is 30.8 Å². The fourth-order valence-corrected chi connectivity index (χ4v) is 5.49. The van der Waals surface area contributed by atoms with E-state index in [4.69, 9.17) is 5.73 Å². The van der Waals surface area contributed by atoms with Crippen LogP contribution in [0.25, 0.3) is 11.1 Å². The molecule has 0 spiro atoms. The molecule has 2 aliphatic rings. The summed E-state index contributed by atoms with van der Waals surface area (Å²) in [5.74, 6) is 0.612. The van der Waals surface area contributed by atoms with Crippen molar-refractivity contribution in [2.24, 2.45) is 0 Å². The number of amides is 1. The number of nitriles is 1. The second-order valence-electron chi connectivity index (χ2n) is 9.42. The number of fused-ring (bicyclic) bond motifs is 1. The summed E-state index contributed by atoms with van der Waals surface area (Å²) in [5.41, 5.74) is 11.0. The monoisotopic (exact) mass is 502 g/mol. The molecule has 0 bridgehead atoms. The summed E-state index contributed by atoms with van der Waals surface area (Å²) in [6, 6.07) is 21.8. The number of benzene rings is 2. The number of rotatable bonds is 4. The van der Waals surface area contributed by atoms with Crippen molar-refractivity contribution in [3.05, 3.63) is 89.9 Å². The highest BCUT2D eigenvalue weighted by molar-refractivity contribution is 6.15. The third-order valence-corrected chi connectivity index (χ3v) is 7.20. The predicted molar refractivity (Wildman–Crippen MR) is 147 cm³/mol. The van der Waals surface area contributed by atoms with Gasteiger partial charge in [0, 0.05) is 30.2 Å². The topological polar surface area (TPSA) is 115 Å². The van der Waals surface area contributed by atoms with Crippen LogP contribution in [0.2, 0.25) is 0 Å². The average molecular weight is 503 g/mol. The van der Waals surface area contributed by atoms with Crippen molar-refractivity contribution in [1.29, 1.82) is 5.26 Å². The van der Waals surface area contributed by atoms with Crippen LogP contribution in [0.4, 0.5) is 23.1 Å². The number of anilines is 4. The minimum absolute atomic E-state index is 0.0636. The van der Waals surface area contributed by atoms with E-state index in [0.717, 1.165) is 35.3 Å². The number of carbonyl (C=O) groups excluding carboxylic acids is 1. The van der Waals surface area contributed by atoms with Crippen LogP contribution in [0.5, 0.6) is 0 Å². The van der Waals surface area contributed by atoms with Crippen LogP contribution in [-0.2, 0) is 0 Å². The number of pyridine rings is 1. The Morgan fingerprint density at radius 3 is 2.63 bits per heavy atom. The third kappa shape index (κ3) is 3.87. The lowest BCUT2D eigenvalue weighted by Crippen LogP contribution is -2.55. The minimum atomic E-state index is -0.141. The van der Waals surface area contributed by atoms with Gasteiger partial charge in [0.15, 0.2) is 5.82 Å². The zero-order chi connectivity index (χ0) is 26.2. The maximum atomic E-state index is 14.1. The van der Waals surface area contributed by atoms with Crippen molar-refractivity contribution < 1.29 is 4.79 Å². The van der Waals surface area contributed by atoms with Crippen molar-refractivity contribution in [3.63, 3.8) is 0 Å². The van der Waals surface area contributed by atoms with Gasteiger partial charge in [-0.25, -0.2) is 4.98 Å². The van der Waals surface area contributed by atoms with Gasteiger partial charge in [-0.3, -0.25) is 14.7 Å². The fraction of sp³-hybridized carbons (Fsp3) is 0.207. The Bertz CT molecular complexity index is 1550. The zero-order valence-corrected chi connectivity index (χ0v) is 21.0. The molecule has 9 heteroatoms. The molecule has 1 saturated heterocycles. The molecule has 2 aromatic carbocycles. The van der Waals surface area contributed by atoms with E-state index in [0.29, 0.717) is 35.9 Å². The molecule has 0 saturated carbocycles. The Labute approximate surface area is 220 Å². The van der Waals surface area contributed by atoms with Crippen molar-refractivity contribution in [2.45, 2.75) is 25.9 Å². The van der Waals surface area contributed by atoms with E-state index in [9.17, 15) is 10.1 Å². The summed E-state index contributed by atoms with van der Waals surface area (Å²) in [6.45, 7) is 2.84. The summed E-state index contributed by atoms with van der Waals surface area (Å²) in [4.78, 5) is 33.3. The van der Waals surface area contributed by atoms with E-state index in [1.54, 1.807) is 19.3 Å². The first-order valence-corrected chi connectivity index (χ1v) is 12.5. The van der Waals surface area contributed by atoms with Crippen molar-refractivity contribution in [3.8, 4) is 17.2 Å². The number of nitrogens with two attached hydrogens (primary N) is 1. The highest BCUT2D eigenvalue weighted by atomic mass is 16.2. The minimum Gasteiger partial charge on any atom is -0.368 e. The summed E-state index contributed by atoms with van der Waals surface area (Å²) in [5, 5.41) is 9.92. The molecule has 1 fully saturated rings. The lowest BCUT2D eigenvalue weighted by Gasteiger charge is -2.44. The molecule has 38 heavy (non-hydrogen) atoms. The summed E-state index contributed by atoms with van der Waals surface area (Å²) in [7, 11) is 0. The number of carbonyl (C=O) groups is 1. The molecule has 1 amide bonds. The Morgan fingerprint density at radius 2 is 1.87 bits per heavy atom. The highest BCUT2D eigenvalue weighted by Crippen LogP contribution is 2.41. The Hall–Kier alpha value is -4.97. The molecule has 4 heterocycles. The number of para-hydroxylation sites is 1. The Balaban J connectivity index is 1.52. The van der Waals surface area contributed by atoms with Crippen LogP contribution >= 0.6 is 0 Å². The van der Waals surface area contributed by atoms with Crippen LogP contribution in [0.15, 0.2) is 73.1 Å². The van der Waals surface area contributed by atoms with E-state index < -0.39 is 0 Å². The van der Waals surface area contributed by atoms with Gasteiger partial charge in [-0.2, -0.15) is 10.2 Å². The zero-order valence-electron chi connectivity index (χ0n) is 21.0. The Kier molecular flexibility index (Phi) is 5.85. The van der Waals surface area contributed by atoms with Crippen LogP contribution in [0.1, 0.15) is 34.5 Å². The molecule has 9 nitrogen and oxygen atoms in total. The lowest BCUT2D eigenvalue weighted by atomic mass is 9.95. The summed E-state index contributed by atoms with van der Waals surface area (Å²) >= 11 is 0. The molecule has 1 atom stereocenters.